The first-order valence-electron chi connectivity index (χ1n) is 7.62. The molecule has 0 saturated carbocycles. The number of hydrogen-bond donors (Lipinski definition) is 3. The highest BCUT2D eigenvalue weighted by Gasteiger charge is 2.18. The summed E-state index contributed by atoms with van der Waals surface area (Å²) in [6, 6.07) is 5.72. The lowest BCUT2D eigenvalue weighted by molar-refractivity contribution is -0.137. The molecule has 1 aliphatic heterocycles. The first kappa shape index (κ1) is 16.4. The van der Waals surface area contributed by atoms with Crippen LogP contribution < -0.4 is 4.74 Å². The Bertz CT molecular complexity index is 895. The van der Waals surface area contributed by atoms with Crippen molar-refractivity contribution in [3.05, 3.63) is 47.0 Å². The van der Waals surface area contributed by atoms with E-state index in [1.807, 2.05) is 0 Å². The summed E-state index contributed by atoms with van der Waals surface area (Å²) < 4.78 is 10.6. The number of carbonyl (C=O) groups excluding carboxylic acids is 1. The minimum atomic E-state index is -0.471. The second-order valence-corrected chi connectivity index (χ2v) is 5.32. The van der Waals surface area contributed by atoms with Gasteiger partial charge in [0.2, 0.25) is 0 Å². The molecule has 2 aromatic rings. The minimum absolute atomic E-state index is 0.0895. The topological polar surface area (TPSA) is 96.2 Å². The zero-order valence-corrected chi connectivity index (χ0v) is 13.4. The van der Waals surface area contributed by atoms with Crippen LogP contribution in [0.5, 0.6) is 28.7 Å². The molecular formula is C19H16O6. The van der Waals surface area contributed by atoms with Crippen molar-refractivity contribution in [2.75, 3.05) is 6.61 Å². The first-order valence-corrected chi connectivity index (χ1v) is 7.62. The van der Waals surface area contributed by atoms with Gasteiger partial charge in [0.25, 0.3) is 0 Å². The van der Waals surface area contributed by atoms with Crippen molar-refractivity contribution in [2.45, 2.75) is 6.92 Å². The van der Waals surface area contributed by atoms with E-state index >= 15 is 0 Å². The Morgan fingerprint density at radius 3 is 2.64 bits per heavy atom. The van der Waals surface area contributed by atoms with Gasteiger partial charge in [0.1, 0.15) is 5.75 Å². The predicted octanol–water partition coefficient (Wildman–Crippen LogP) is 3.66. The van der Waals surface area contributed by atoms with E-state index in [0.717, 1.165) is 0 Å². The van der Waals surface area contributed by atoms with Gasteiger partial charge in [-0.25, -0.2) is 4.79 Å². The van der Waals surface area contributed by atoms with Crippen molar-refractivity contribution in [3.8, 4) is 28.7 Å². The van der Waals surface area contributed by atoms with Gasteiger partial charge in [-0.2, -0.15) is 0 Å². The van der Waals surface area contributed by atoms with E-state index in [0.29, 0.717) is 16.7 Å². The number of esters is 1. The van der Waals surface area contributed by atoms with Crippen molar-refractivity contribution in [2.24, 2.45) is 0 Å². The molecule has 0 amide bonds. The Morgan fingerprint density at radius 2 is 1.88 bits per heavy atom. The van der Waals surface area contributed by atoms with Crippen molar-refractivity contribution >= 4 is 24.2 Å². The molecule has 0 saturated heterocycles. The molecule has 2 aromatic carbocycles. The van der Waals surface area contributed by atoms with Gasteiger partial charge < -0.3 is 24.8 Å². The number of ether oxygens (including phenoxy) is 2. The van der Waals surface area contributed by atoms with Crippen molar-refractivity contribution in [1.82, 2.24) is 0 Å². The van der Waals surface area contributed by atoms with E-state index in [2.05, 4.69) is 0 Å². The Balaban J connectivity index is 2.06. The number of benzene rings is 2. The van der Waals surface area contributed by atoms with Gasteiger partial charge in [-0.1, -0.05) is 12.1 Å². The molecule has 0 fully saturated rings. The quantitative estimate of drug-likeness (QED) is 0.382. The number of rotatable bonds is 3. The van der Waals surface area contributed by atoms with Gasteiger partial charge in [0.05, 0.1) is 6.61 Å². The second-order valence-electron chi connectivity index (χ2n) is 5.32. The van der Waals surface area contributed by atoms with Crippen molar-refractivity contribution in [1.29, 1.82) is 0 Å². The molecule has 0 radical (unpaired) electrons. The highest BCUT2D eigenvalue weighted by molar-refractivity contribution is 5.90. The van der Waals surface area contributed by atoms with Crippen LogP contribution in [-0.2, 0) is 9.53 Å². The van der Waals surface area contributed by atoms with E-state index in [1.165, 1.54) is 24.3 Å². The average Bonchev–Trinajstić information content (AvgIpc) is 2.76. The van der Waals surface area contributed by atoms with Crippen LogP contribution in [0.25, 0.3) is 18.2 Å². The molecule has 25 heavy (non-hydrogen) atoms. The maximum Gasteiger partial charge on any atom is 0.330 e. The van der Waals surface area contributed by atoms with Crippen molar-refractivity contribution in [3.63, 3.8) is 0 Å². The van der Waals surface area contributed by atoms with E-state index in [1.54, 1.807) is 31.2 Å². The summed E-state index contributed by atoms with van der Waals surface area (Å²) in [6.07, 6.45) is 6.23. The fourth-order valence-corrected chi connectivity index (χ4v) is 2.45. The maximum atomic E-state index is 11.5. The second kappa shape index (κ2) is 6.60. The Kier molecular flexibility index (Phi) is 4.35. The van der Waals surface area contributed by atoms with Crippen LogP contribution in [0.2, 0.25) is 0 Å². The zero-order valence-electron chi connectivity index (χ0n) is 13.4. The lowest BCUT2D eigenvalue weighted by Gasteiger charge is -2.13. The normalized spacial score (nSPS) is 12.2. The van der Waals surface area contributed by atoms with Crippen molar-refractivity contribution < 1.29 is 29.6 Å². The van der Waals surface area contributed by atoms with E-state index < -0.39 is 5.97 Å². The Labute approximate surface area is 143 Å². The molecule has 0 aromatic heterocycles. The summed E-state index contributed by atoms with van der Waals surface area (Å²) >= 11 is 0. The number of aromatic hydroxyl groups is 3. The summed E-state index contributed by atoms with van der Waals surface area (Å²) in [7, 11) is 0. The van der Waals surface area contributed by atoms with E-state index in [9.17, 15) is 20.1 Å². The zero-order chi connectivity index (χ0) is 18.0. The molecule has 128 valence electrons. The lowest BCUT2D eigenvalue weighted by atomic mass is 10.0. The summed E-state index contributed by atoms with van der Waals surface area (Å²) in [5.74, 6) is -0.689. The lowest BCUT2D eigenvalue weighted by Crippen LogP contribution is -1.99. The number of phenolic OH excluding ortho intramolecular Hbond substituents is 3. The Hall–Kier alpha value is -3.41. The fourth-order valence-electron chi connectivity index (χ4n) is 2.45. The molecule has 6 nitrogen and oxygen atoms in total. The molecule has 0 spiro atoms. The molecule has 6 heteroatoms. The fraction of sp³-hybridized carbons (Fsp3) is 0.105. The molecule has 3 rings (SSSR count). The number of fused-ring (bicyclic) bond motifs is 2. The van der Waals surface area contributed by atoms with Crippen LogP contribution in [-0.4, -0.2) is 27.9 Å². The SMILES string of the molecule is CCOC(=O)/C=C/c1ccc(O)c2c1C=Cc1cc(O)c(O)cc1O2. The van der Waals surface area contributed by atoms with Crippen LogP contribution in [0.15, 0.2) is 30.3 Å². The minimum Gasteiger partial charge on any atom is -0.504 e. The number of hydrogen-bond acceptors (Lipinski definition) is 6. The largest absolute Gasteiger partial charge is 0.504 e. The summed E-state index contributed by atoms with van der Waals surface area (Å²) in [6.45, 7) is 2.00. The molecular weight excluding hydrogens is 324 g/mol. The highest BCUT2D eigenvalue weighted by Crippen LogP contribution is 2.44. The summed E-state index contributed by atoms with van der Waals surface area (Å²) in [4.78, 5) is 11.5. The molecule has 0 unspecified atom stereocenters. The van der Waals surface area contributed by atoms with Gasteiger partial charge in [0.15, 0.2) is 23.0 Å². The smallest absolute Gasteiger partial charge is 0.330 e. The first-order chi connectivity index (χ1) is 12.0. The Morgan fingerprint density at radius 1 is 1.12 bits per heavy atom. The summed E-state index contributed by atoms with van der Waals surface area (Å²) in [5.41, 5.74) is 1.72. The van der Waals surface area contributed by atoms with Gasteiger partial charge in [-0.05, 0) is 36.8 Å². The summed E-state index contributed by atoms with van der Waals surface area (Å²) in [5, 5.41) is 29.4. The third-order valence-corrected chi connectivity index (χ3v) is 3.64. The molecule has 0 atom stereocenters. The molecule has 0 aliphatic carbocycles. The third-order valence-electron chi connectivity index (χ3n) is 3.64. The van der Waals surface area contributed by atoms with E-state index in [-0.39, 0.29) is 35.4 Å². The average molecular weight is 340 g/mol. The van der Waals surface area contributed by atoms with Crippen LogP contribution in [0.3, 0.4) is 0 Å². The number of carbonyl (C=O) groups is 1. The molecule has 1 aliphatic rings. The number of phenols is 3. The van der Waals surface area contributed by atoms with Crippen LogP contribution in [0.4, 0.5) is 0 Å². The molecule has 1 heterocycles. The van der Waals surface area contributed by atoms with Crippen LogP contribution in [0.1, 0.15) is 23.6 Å². The molecule has 3 N–H and O–H groups in total. The maximum absolute atomic E-state index is 11.5. The van der Waals surface area contributed by atoms with Gasteiger partial charge in [0, 0.05) is 23.3 Å². The standard InChI is InChI=1S/C19H16O6/c1-2-24-18(23)8-5-11-4-7-14(20)19-13(11)6-3-12-9-15(21)16(22)10-17(12)25-19/h3-10,20-22H,2H2,1H3/b8-5+. The highest BCUT2D eigenvalue weighted by atomic mass is 16.5. The van der Waals surface area contributed by atoms with Gasteiger partial charge in [-0.3, -0.25) is 0 Å². The van der Waals surface area contributed by atoms with Gasteiger partial charge in [-0.15, -0.1) is 0 Å². The van der Waals surface area contributed by atoms with E-state index in [4.69, 9.17) is 9.47 Å². The van der Waals surface area contributed by atoms with Crippen LogP contribution in [0, 0.1) is 0 Å². The van der Waals surface area contributed by atoms with Crippen LogP contribution >= 0.6 is 0 Å². The van der Waals surface area contributed by atoms with Gasteiger partial charge >= 0.3 is 5.97 Å². The third kappa shape index (κ3) is 3.28. The monoisotopic (exact) mass is 340 g/mol. The predicted molar refractivity (Wildman–Crippen MR) is 92.5 cm³/mol. The molecule has 0 bridgehead atoms.